The average molecular weight is 338 g/mol. The van der Waals surface area contributed by atoms with Crippen LogP contribution in [0.1, 0.15) is 12.5 Å². The number of amides is 1. The first-order valence-electron chi connectivity index (χ1n) is 7.49. The Hall–Kier alpha value is -2.61. The van der Waals surface area contributed by atoms with Gasteiger partial charge in [-0.3, -0.25) is 14.5 Å². The summed E-state index contributed by atoms with van der Waals surface area (Å²) in [6, 6.07) is 9.26. The van der Waals surface area contributed by atoms with Crippen LogP contribution in [0.25, 0.3) is 0 Å². The molecule has 0 bridgehead atoms. The first kappa shape index (κ1) is 19.4. The van der Waals surface area contributed by atoms with Crippen LogP contribution in [-0.2, 0) is 25.7 Å². The SMILES string of the molecule is CC(=O)OCCN(CCNC(=O)OCc1ccccc1)CC(=O)O. The molecule has 1 aromatic carbocycles. The number of benzene rings is 1. The van der Waals surface area contributed by atoms with E-state index < -0.39 is 18.0 Å². The van der Waals surface area contributed by atoms with E-state index in [-0.39, 0.29) is 32.8 Å². The highest BCUT2D eigenvalue weighted by atomic mass is 16.5. The Balaban J connectivity index is 2.25. The largest absolute Gasteiger partial charge is 0.480 e. The number of alkyl carbamates (subject to hydrolysis) is 1. The molecule has 0 radical (unpaired) electrons. The number of aliphatic carboxylic acids is 1. The zero-order chi connectivity index (χ0) is 17.8. The topological polar surface area (TPSA) is 105 Å². The summed E-state index contributed by atoms with van der Waals surface area (Å²) in [5.74, 6) is -1.42. The number of esters is 1. The summed E-state index contributed by atoms with van der Waals surface area (Å²) in [4.78, 5) is 34.7. The minimum Gasteiger partial charge on any atom is -0.480 e. The van der Waals surface area contributed by atoms with Crippen molar-refractivity contribution in [3.8, 4) is 0 Å². The van der Waals surface area contributed by atoms with Crippen LogP contribution in [0.4, 0.5) is 4.79 Å². The number of carboxylic acids is 1. The van der Waals surface area contributed by atoms with E-state index in [9.17, 15) is 14.4 Å². The van der Waals surface area contributed by atoms with Crippen LogP contribution in [0.5, 0.6) is 0 Å². The first-order valence-corrected chi connectivity index (χ1v) is 7.49. The summed E-state index contributed by atoms with van der Waals surface area (Å²) >= 11 is 0. The van der Waals surface area contributed by atoms with Gasteiger partial charge in [-0.2, -0.15) is 0 Å². The fourth-order valence-corrected chi connectivity index (χ4v) is 1.87. The van der Waals surface area contributed by atoms with E-state index in [1.807, 2.05) is 30.3 Å². The van der Waals surface area contributed by atoms with Crippen molar-refractivity contribution in [1.82, 2.24) is 10.2 Å². The molecule has 1 amide bonds. The van der Waals surface area contributed by atoms with Crippen molar-refractivity contribution < 1.29 is 29.0 Å². The number of hydrogen-bond donors (Lipinski definition) is 2. The monoisotopic (exact) mass is 338 g/mol. The molecule has 0 fully saturated rings. The third kappa shape index (κ3) is 9.42. The van der Waals surface area contributed by atoms with Crippen LogP contribution < -0.4 is 5.32 Å². The standard InChI is InChI=1S/C16H22N2O6/c1-13(19)23-10-9-18(11-15(20)21)8-7-17-16(22)24-12-14-5-3-2-4-6-14/h2-6H,7-12H2,1H3,(H,17,22)(H,20,21). The summed E-state index contributed by atoms with van der Waals surface area (Å²) < 4.78 is 9.83. The van der Waals surface area contributed by atoms with Gasteiger partial charge in [0.05, 0.1) is 6.54 Å². The van der Waals surface area contributed by atoms with Crippen molar-refractivity contribution in [2.45, 2.75) is 13.5 Å². The predicted octanol–water partition coefficient (Wildman–Crippen LogP) is 0.863. The molecule has 0 aliphatic rings. The maximum absolute atomic E-state index is 11.6. The molecule has 0 atom stereocenters. The molecule has 24 heavy (non-hydrogen) atoms. The summed E-state index contributed by atoms with van der Waals surface area (Å²) in [5, 5.41) is 11.4. The number of carbonyl (C=O) groups is 3. The molecule has 8 nitrogen and oxygen atoms in total. The van der Waals surface area contributed by atoms with E-state index in [0.717, 1.165) is 5.56 Å². The van der Waals surface area contributed by atoms with E-state index >= 15 is 0 Å². The Morgan fingerprint density at radius 1 is 1.12 bits per heavy atom. The number of carbonyl (C=O) groups excluding carboxylic acids is 2. The second-order valence-electron chi connectivity index (χ2n) is 5.00. The fraction of sp³-hybridized carbons (Fsp3) is 0.438. The molecule has 0 saturated carbocycles. The van der Waals surface area contributed by atoms with E-state index in [2.05, 4.69) is 5.32 Å². The Morgan fingerprint density at radius 3 is 2.46 bits per heavy atom. The summed E-state index contributed by atoms with van der Waals surface area (Å²) in [6.45, 7) is 2.13. The maximum Gasteiger partial charge on any atom is 0.407 e. The Kier molecular flexibility index (Phi) is 8.91. The highest BCUT2D eigenvalue weighted by Crippen LogP contribution is 2.00. The van der Waals surface area contributed by atoms with Gasteiger partial charge in [0.25, 0.3) is 0 Å². The van der Waals surface area contributed by atoms with Gasteiger partial charge in [0.2, 0.25) is 0 Å². The van der Waals surface area contributed by atoms with Gasteiger partial charge in [-0.25, -0.2) is 4.79 Å². The van der Waals surface area contributed by atoms with Gasteiger partial charge in [0.15, 0.2) is 0 Å². The number of nitrogens with zero attached hydrogens (tertiary/aromatic N) is 1. The smallest absolute Gasteiger partial charge is 0.407 e. The Morgan fingerprint density at radius 2 is 1.83 bits per heavy atom. The molecule has 1 rings (SSSR count). The lowest BCUT2D eigenvalue weighted by Gasteiger charge is -2.20. The van der Waals surface area contributed by atoms with E-state index in [1.54, 1.807) is 4.90 Å². The molecular weight excluding hydrogens is 316 g/mol. The molecule has 0 saturated heterocycles. The van der Waals surface area contributed by atoms with Crippen molar-refractivity contribution in [2.24, 2.45) is 0 Å². The quantitative estimate of drug-likeness (QED) is 0.610. The molecule has 0 aromatic heterocycles. The number of hydrogen-bond acceptors (Lipinski definition) is 6. The summed E-state index contributed by atoms with van der Waals surface area (Å²) in [6.07, 6.45) is -0.575. The van der Waals surface area contributed by atoms with Gasteiger partial charge >= 0.3 is 18.0 Å². The second-order valence-corrected chi connectivity index (χ2v) is 5.00. The molecule has 0 aliphatic heterocycles. The van der Waals surface area contributed by atoms with Crippen molar-refractivity contribution in [3.63, 3.8) is 0 Å². The Labute approximate surface area is 140 Å². The predicted molar refractivity (Wildman–Crippen MR) is 85.3 cm³/mol. The van der Waals surface area contributed by atoms with Crippen LogP contribution in [0.15, 0.2) is 30.3 Å². The number of carboxylic acid groups (broad SMARTS) is 1. The number of nitrogens with one attached hydrogen (secondary N) is 1. The van der Waals surface area contributed by atoms with E-state index in [4.69, 9.17) is 14.6 Å². The van der Waals surface area contributed by atoms with Gasteiger partial charge in [0, 0.05) is 26.6 Å². The van der Waals surface area contributed by atoms with Gasteiger partial charge in [0.1, 0.15) is 13.2 Å². The zero-order valence-corrected chi connectivity index (χ0v) is 13.6. The van der Waals surface area contributed by atoms with Gasteiger partial charge in [-0.15, -0.1) is 0 Å². The van der Waals surface area contributed by atoms with Crippen molar-refractivity contribution >= 4 is 18.0 Å². The van der Waals surface area contributed by atoms with Gasteiger partial charge < -0.3 is 19.9 Å². The van der Waals surface area contributed by atoms with Crippen molar-refractivity contribution in [3.05, 3.63) is 35.9 Å². The van der Waals surface area contributed by atoms with E-state index in [1.165, 1.54) is 6.92 Å². The lowest BCUT2D eigenvalue weighted by molar-refractivity contribution is -0.141. The molecule has 2 N–H and O–H groups in total. The number of ether oxygens (including phenoxy) is 2. The highest BCUT2D eigenvalue weighted by molar-refractivity contribution is 5.69. The van der Waals surface area contributed by atoms with Crippen molar-refractivity contribution in [1.29, 1.82) is 0 Å². The average Bonchev–Trinajstić information content (AvgIpc) is 2.53. The van der Waals surface area contributed by atoms with Crippen LogP contribution >= 0.6 is 0 Å². The third-order valence-corrected chi connectivity index (χ3v) is 2.98. The minimum atomic E-state index is -0.996. The van der Waals surface area contributed by atoms with Crippen LogP contribution in [0.2, 0.25) is 0 Å². The summed E-state index contributed by atoms with van der Waals surface area (Å²) in [7, 11) is 0. The molecule has 0 unspecified atom stereocenters. The van der Waals surface area contributed by atoms with Crippen molar-refractivity contribution in [2.75, 3.05) is 32.8 Å². The second kappa shape index (κ2) is 11.0. The van der Waals surface area contributed by atoms with Crippen LogP contribution in [-0.4, -0.2) is 60.8 Å². The Bertz CT molecular complexity index is 535. The maximum atomic E-state index is 11.6. The molecular formula is C16H22N2O6. The zero-order valence-electron chi connectivity index (χ0n) is 13.6. The first-order chi connectivity index (χ1) is 11.5. The number of rotatable bonds is 10. The highest BCUT2D eigenvalue weighted by Gasteiger charge is 2.11. The van der Waals surface area contributed by atoms with E-state index in [0.29, 0.717) is 6.54 Å². The fourth-order valence-electron chi connectivity index (χ4n) is 1.87. The molecule has 0 spiro atoms. The summed E-state index contributed by atoms with van der Waals surface area (Å²) in [5.41, 5.74) is 0.876. The lowest BCUT2D eigenvalue weighted by Crippen LogP contribution is -2.39. The third-order valence-electron chi connectivity index (χ3n) is 2.98. The van der Waals surface area contributed by atoms with Gasteiger partial charge in [-0.1, -0.05) is 30.3 Å². The normalized spacial score (nSPS) is 10.2. The van der Waals surface area contributed by atoms with Crippen LogP contribution in [0, 0.1) is 0 Å². The molecule has 0 aliphatic carbocycles. The minimum absolute atomic E-state index is 0.0983. The molecule has 0 heterocycles. The van der Waals surface area contributed by atoms with Gasteiger partial charge in [-0.05, 0) is 5.56 Å². The lowest BCUT2D eigenvalue weighted by atomic mass is 10.2. The molecule has 8 heteroatoms. The molecule has 1 aromatic rings. The van der Waals surface area contributed by atoms with Crippen LogP contribution in [0.3, 0.4) is 0 Å². The molecule has 132 valence electrons.